The Balaban J connectivity index is 1.87. The molecule has 2 aromatic rings. The van der Waals surface area contributed by atoms with E-state index >= 15 is 0 Å². The van der Waals surface area contributed by atoms with E-state index in [4.69, 9.17) is 4.74 Å². The van der Waals surface area contributed by atoms with Crippen LogP contribution >= 0.6 is 0 Å². The second-order valence-corrected chi connectivity index (χ2v) is 9.40. The quantitative estimate of drug-likeness (QED) is 0.748. The molecule has 166 valence electrons. The molecule has 0 aromatic heterocycles. The minimum absolute atomic E-state index is 0.0124. The molecule has 0 aliphatic carbocycles. The molecule has 2 aromatic carbocycles. The van der Waals surface area contributed by atoms with Crippen LogP contribution in [0, 0.1) is 11.2 Å². The molecule has 31 heavy (non-hydrogen) atoms. The van der Waals surface area contributed by atoms with Crippen molar-refractivity contribution in [3.05, 3.63) is 59.9 Å². The van der Waals surface area contributed by atoms with E-state index < -0.39 is 11.0 Å². The molecule has 1 heterocycles. The van der Waals surface area contributed by atoms with Crippen molar-refractivity contribution in [3.8, 4) is 11.1 Å². The Hall–Kier alpha value is -2.73. The smallest absolute Gasteiger partial charge is 0.256 e. The molecule has 1 aliphatic rings. The summed E-state index contributed by atoms with van der Waals surface area (Å²) in [6, 6.07) is 14.2. The average molecular weight is 427 g/mol. The summed E-state index contributed by atoms with van der Waals surface area (Å²) in [6.45, 7) is 6.66. The summed E-state index contributed by atoms with van der Waals surface area (Å²) in [5.74, 6) is -0.409. The van der Waals surface area contributed by atoms with Crippen LogP contribution in [-0.4, -0.2) is 61.0 Å². The molecule has 5 nitrogen and oxygen atoms in total. The average Bonchev–Trinajstić information content (AvgIpc) is 2.73. The lowest BCUT2D eigenvalue weighted by molar-refractivity contribution is -0.175. The highest BCUT2D eigenvalue weighted by Gasteiger charge is 2.47. The van der Waals surface area contributed by atoms with Gasteiger partial charge < -0.3 is 14.5 Å². The monoisotopic (exact) mass is 426 g/mol. The molecule has 1 atom stereocenters. The van der Waals surface area contributed by atoms with Gasteiger partial charge in [0.25, 0.3) is 5.91 Å². The number of morpholine rings is 1. The number of rotatable bonds is 4. The number of carbonyl (C=O) groups is 2. The maximum atomic E-state index is 13.2. The van der Waals surface area contributed by atoms with E-state index in [0.717, 1.165) is 16.7 Å². The van der Waals surface area contributed by atoms with Crippen LogP contribution in [0.5, 0.6) is 0 Å². The first kappa shape index (κ1) is 22.9. The zero-order valence-electron chi connectivity index (χ0n) is 18.9. The Morgan fingerprint density at radius 3 is 2.10 bits per heavy atom. The molecular weight excluding hydrogens is 395 g/mol. The number of amides is 2. The van der Waals surface area contributed by atoms with Gasteiger partial charge in [-0.3, -0.25) is 9.59 Å². The Labute approximate surface area is 183 Å². The summed E-state index contributed by atoms with van der Waals surface area (Å²) in [5, 5.41) is 0. The highest BCUT2D eigenvalue weighted by Crippen LogP contribution is 2.29. The predicted octanol–water partition coefficient (Wildman–Crippen LogP) is 3.77. The molecule has 1 aliphatic heterocycles. The lowest BCUT2D eigenvalue weighted by Crippen LogP contribution is -2.62. The lowest BCUT2D eigenvalue weighted by Gasteiger charge is -2.44. The minimum atomic E-state index is -1.12. The van der Waals surface area contributed by atoms with Crippen LogP contribution in [0.2, 0.25) is 0 Å². The second kappa shape index (κ2) is 8.79. The molecule has 1 fully saturated rings. The lowest BCUT2D eigenvalue weighted by atomic mass is 9.88. The summed E-state index contributed by atoms with van der Waals surface area (Å²) >= 11 is 0. The molecule has 0 saturated carbocycles. The van der Waals surface area contributed by atoms with Crippen molar-refractivity contribution in [3.63, 3.8) is 0 Å². The third kappa shape index (κ3) is 5.13. The minimum Gasteiger partial charge on any atom is -0.361 e. The zero-order chi connectivity index (χ0) is 22.8. The largest absolute Gasteiger partial charge is 0.361 e. The van der Waals surface area contributed by atoms with Crippen molar-refractivity contribution in [2.45, 2.75) is 32.8 Å². The second-order valence-electron chi connectivity index (χ2n) is 9.40. The summed E-state index contributed by atoms with van der Waals surface area (Å²) in [4.78, 5) is 29.4. The van der Waals surface area contributed by atoms with E-state index in [0.29, 0.717) is 19.6 Å². The van der Waals surface area contributed by atoms with Crippen LogP contribution in [0.15, 0.2) is 48.5 Å². The molecule has 0 N–H and O–H groups in total. The van der Waals surface area contributed by atoms with Gasteiger partial charge in [0.2, 0.25) is 5.91 Å². The van der Waals surface area contributed by atoms with Crippen LogP contribution in [0.4, 0.5) is 4.39 Å². The van der Waals surface area contributed by atoms with Gasteiger partial charge in [0, 0.05) is 32.5 Å². The molecule has 0 bridgehead atoms. The molecular formula is C25H31FN2O3. The van der Waals surface area contributed by atoms with Gasteiger partial charge in [0.05, 0.1) is 13.2 Å². The van der Waals surface area contributed by atoms with Gasteiger partial charge in [-0.15, -0.1) is 0 Å². The van der Waals surface area contributed by atoms with Crippen molar-refractivity contribution in [2.75, 3.05) is 33.8 Å². The number of carbonyl (C=O) groups excluding carboxylic acids is 2. The molecule has 6 heteroatoms. The fourth-order valence-electron chi connectivity index (χ4n) is 3.94. The summed E-state index contributed by atoms with van der Waals surface area (Å²) in [6.07, 6.45) is 0.363. The Morgan fingerprint density at radius 2 is 1.58 bits per heavy atom. The van der Waals surface area contributed by atoms with Crippen LogP contribution in [0.3, 0.4) is 0 Å². The zero-order valence-corrected chi connectivity index (χ0v) is 18.9. The molecule has 3 rings (SSSR count). The normalized spacial score (nSPS) is 19.2. The van der Waals surface area contributed by atoms with Crippen LogP contribution in [0.25, 0.3) is 11.1 Å². The van der Waals surface area contributed by atoms with Gasteiger partial charge in [-0.25, -0.2) is 4.39 Å². The van der Waals surface area contributed by atoms with Gasteiger partial charge in [-0.2, -0.15) is 0 Å². The molecule has 0 unspecified atom stereocenters. The number of ether oxygens (including phenoxy) is 1. The molecule has 0 radical (unpaired) electrons. The standard InChI is InChI=1S/C25H31FN2O3/c1-24(2,3)22(29)28-14-15-31-25(17-28,23(30)27(4)5)16-18-6-8-19(9-7-18)20-10-12-21(26)13-11-20/h6-13H,14-17H2,1-5H3/t25-/m0/s1. The SMILES string of the molecule is CN(C)C(=O)[C@]1(Cc2ccc(-c3ccc(F)cc3)cc2)CN(C(=O)C(C)(C)C)CCO1. The highest BCUT2D eigenvalue weighted by atomic mass is 19.1. The number of benzene rings is 2. The summed E-state index contributed by atoms with van der Waals surface area (Å²) in [5.41, 5.74) is 1.17. The number of halogens is 1. The van der Waals surface area contributed by atoms with E-state index in [1.54, 1.807) is 31.1 Å². The molecule has 0 spiro atoms. The van der Waals surface area contributed by atoms with Crippen LogP contribution in [0.1, 0.15) is 26.3 Å². The van der Waals surface area contributed by atoms with E-state index in [1.807, 2.05) is 45.0 Å². The van der Waals surface area contributed by atoms with Crippen molar-refractivity contribution in [1.82, 2.24) is 9.80 Å². The van der Waals surface area contributed by atoms with Crippen molar-refractivity contribution in [2.24, 2.45) is 5.41 Å². The van der Waals surface area contributed by atoms with Gasteiger partial charge >= 0.3 is 0 Å². The number of hydrogen-bond donors (Lipinski definition) is 0. The first-order chi connectivity index (χ1) is 14.5. The number of hydrogen-bond acceptors (Lipinski definition) is 3. The van der Waals surface area contributed by atoms with E-state index in [1.165, 1.54) is 17.0 Å². The highest BCUT2D eigenvalue weighted by molar-refractivity contribution is 5.88. The van der Waals surface area contributed by atoms with E-state index in [9.17, 15) is 14.0 Å². The maximum Gasteiger partial charge on any atom is 0.256 e. The summed E-state index contributed by atoms with van der Waals surface area (Å²) < 4.78 is 19.3. The van der Waals surface area contributed by atoms with Gasteiger partial charge in [0.15, 0.2) is 5.60 Å². The first-order valence-electron chi connectivity index (χ1n) is 10.5. The summed E-state index contributed by atoms with van der Waals surface area (Å²) in [7, 11) is 3.41. The van der Waals surface area contributed by atoms with E-state index in [-0.39, 0.29) is 24.2 Å². The van der Waals surface area contributed by atoms with Gasteiger partial charge in [-0.05, 0) is 28.8 Å². The maximum absolute atomic E-state index is 13.2. The van der Waals surface area contributed by atoms with Crippen LogP contribution in [-0.2, 0) is 20.7 Å². The molecule has 2 amide bonds. The third-order valence-electron chi connectivity index (χ3n) is 5.53. The number of nitrogens with zero attached hydrogens (tertiary/aromatic N) is 2. The fraction of sp³-hybridized carbons (Fsp3) is 0.440. The third-order valence-corrected chi connectivity index (χ3v) is 5.53. The van der Waals surface area contributed by atoms with Crippen molar-refractivity contribution < 1.29 is 18.7 Å². The van der Waals surface area contributed by atoms with Gasteiger partial charge in [0.1, 0.15) is 5.82 Å². The van der Waals surface area contributed by atoms with Gasteiger partial charge in [-0.1, -0.05) is 57.2 Å². The predicted molar refractivity (Wildman–Crippen MR) is 119 cm³/mol. The molecule has 1 saturated heterocycles. The van der Waals surface area contributed by atoms with E-state index in [2.05, 4.69) is 0 Å². The Morgan fingerprint density at radius 1 is 1.03 bits per heavy atom. The van der Waals surface area contributed by atoms with Crippen molar-refractivity contribution >= 4 is 11.8 Å². The first-order valence-corrected chi connectivity index (χ1v) is 10.5. The fourth-order valence-corrected chi connectivity index (χ4v) is 3.94. The van der Waals surface area contributed by atoms with Crippen LogP contribution < -0.4 is 0 Å². The topological polar surface area (TPSA) is 49.9 Å². The number of likely N-dealkylation sites (N-methyl/N-ethyl adjacent to an activating group) is 1. The Bertz CT molecular complexity index is 933. The van der Waals surface area contributed by atoms with Crippen molar-refractivity contribution in [1.29, 1.82) is 0 Å². The Kier molecular flexibility index (Phi) is 6.51.